The van der Waals surface area contributed by atoms with E-state index in [0.29, 0.717) is 22.9 Å². The lowest BCUT2D eigenvalue weighted by Crippen LogP contribution is -2.01. The highest BCUT2D eigenvalue weighted by Crippen LogP contribution is 2.25. The minimum Gasteiger partial charge on any atom is -0.467 e. The van der Waals surface area contributed by atoms with Crippen molar-refractivity contribution in [2.24, 2.45) is 0 Å². The fourth-order valence-electron chi connectivity index (χ4n) is 1.73. The van der Waals surface area contributed by atoms with Crippen molar-refractivity contribution in [2.75, 3.05) is 12.4 Å². The van der Waals surface area contributed by atoms with Crippen LogP contribution in [-0.4, -0.2) is 13.1 Å². The molecule has 0 saturated carbocycles. The number of methoxy groups -OCH3 is 1. The molecule has 0 amide bonds. The normalized spacial score (nSPS) is 10.3. The van der Waals surface area contributed by atoms with Gasteiger partial charge in [0.05, 0.1) is 29.9 Å². The molecule has 5 heteroatoms. The van der Waals surface area contributed by atoms with Crippen LogP contribution in [-0.2, 0) is 11.3 Å². The number of esters is 1. The number of ether oxygens (including phenoxy) is 1. The van der Waals surface area contributed by atoms with Gasteiger partial charge in [0.2, 0.25) is 0 Å². The molecule has 2 aromatic rings. The molecule has 0 aliphatic heterocycles. The Hall–Kier alpha value is -1.94. The first-order chi connectivity index (χ1) is 9.11. The third kappa shape index (κ3) is 3.09. The van der Waals surface area contributed by atoms with E-state index in [9.17, 15) is 4.79 Å². The van der Waals surface area contributed by atoms with Crippen molar-refractivity contribution in [3.05, 3.63) is 52.4 Å². The molecule has 0 fully saturated rings. The standard InChI is InChI=1S/C14H14ClNO3/c1-9-4-3-5-12(15)13(9)16-7-11-6-10(8-19-11)14(17)18-2/h3-6,8,16H,7H2,1-2H3. The Morgan fingerprint density at radius 3 is 2.95 bits per heavy atom. The number of benzene rings is 1. The van der Waals surface area contributed by atoms with E-state index in [2.05, 4.69) is 10.1 Å². The third-order valence-electron chi connectivity index (χ3n) is 2.74. The number of hydrogen-bond acceptors (Lipinski definition) is 4. The van der Waals surface area contributed by atoms with Crippen molar-refractivity contribution in [2.45, 2.75) is 13.5 Å². The molecule has 1 aromatic heterocycles. The van der Waals surface area contributed by atoms with Gasteiger partial charge in [-0.1, -0.05) is 23.7 Å². The van der Waals surface area contributed by atoms with E-state index in [4.69, 9.17) is 16.0 Å². The van der Waals surface area contributed by atoms with Gasteiger partial charge in [0.15, 0.2) is 0 Å². The smallest absolute Gasteiger partial charge is 0.341 e. The molecule has 100 valence electrons. The summed E-state index contributed by atoms with van der Waals surface area (Å²) >= 11 is 6.11. The van der Waals surface area contributed by atoms with Crippen LogP contribution in [0.25, 0.3) is 0 Å². The predicted octanol–water partition coefficient (Wildman–Crippen LogP) is 3.64. The van der Waals surface area contributed by atoms with Crippen molar-refractivity contribution in [3.8, 4) is 0 Å². The van der Waals surface area contributed by atoms with Gasteiger partial charge < -0.3 is 14.5 Å². The van der Waals surface area contributed by atoms with Crippen LogP contribution in [0.1, 0.15) is 21.7 Å². The molecule has 0 atom stereocenters. The first kappa shape index (κ1) is 13.5. The summed E-state index contributed by atoms with van der Waals surface area (Å²) in [7, 11) is 1.33. The zero-order chi connectivity index (χ0) is 13.8. The van der Waals surface area contributed by atoms with Gasteiger partial charge in [-0.3, -0.25) is 0 Å². The minimum absolute atomic E-state index is 0.398. The molecule has 2 rings (SSSR count). The van der Waals surface area contributed by atoms with Crippen molar-refractivity contribution < 1.29 is 13.9 Å². The molecular formula is C14H14ClNO3. The lowest BCUT2D eigenvalue weighted by atomic mass is 10.2. The Morgan fingerprint density at radius 2 is 2.26 bits per heavy atom. The topological polar surface area (TPSA) is 51.5 Å². The largest absolute Gasteiger partial charge is 0.467 e. The SMILES string of the molecule is COC(=O)c1coc(CNc2c(C)cccc2Cl)c1. The Morgan fingerprint density at radius 1 is 1.47 bits per heavy atom. The van der Waals surface area contributed by atoms with Gasteiger partial charge in [-0.15, -0.1) is 0 Å². The second-order valence-corrected chi connectivity index (χ2v) is 4.49. The first-order valence-corrected chi connectivity index (χ1v) is 6.14. The Balaban J connectivity index is 2.07. The average molecular weight is 280 g/mol. The molecule has 0 bridgehead atoms. The number of hydrogen-bond donors (Lipinski definition) is 1. The summed E-state index contributed by atoms with van der Waals surface area (Å²) < 4.78 is 9.89. The lowest BCUT2D eigenvalue weighted by Gasteiger charge is -2.09. The predicted molar refractivity (Wildman–Crippen MR) is 73.6 cm³/mol. The van der Waals surface area contributed by atoms with Crippen LogP contribution in [0, 0.1) is 6.92 Å². The summed E-state index contributed by atoms with van der Waals surface area (Å²) in [6, 6.07) is 7.32. The molecule has 19 heavy (non-hydrogen) atoms. The van der Waals surface area contributed by atoms with Crippen LogP contribution < -0.4 is 5.32 Å². The maximum atomic E-state index is 11.3. The number of halogens is 1. The second-order valence-electron chi connectivity index (χ2n) is 4.08. The Bertz CT molecular complexity index is 572. The van der Waals surface area contributed by atoms with Crippen LogP contribution in [0.4, 0.5) is 5.69 Å². The number of nitrogens with one attached hydrogen (secondary N) is 1. The number of para-hydroxylation sites is 1. The number of carbonyl (C=O) groups excluding carboxylic acids is 1. The molecule has 0 unspecified atom stereocenters. The van der Waals surface area contributed by atoms with Crippen LogP contribution >= 0.6 is 11.6 Å². The van der Waals surface area contributed by atoms with Gasteiger partial charge in [-0.2, -0.15) is 0 Å². The van der Waals surface area contributed by atoms with Crippen LogP contribution in [0.2, 0.25) is 5.02 Å². The van der Waals surface area contributed by atoms with E-state index in [1.54, 1.807) is 6.07 Å². The quantitative estimate of drug-likeness (QED) is 0.868. The van der Waals surface area contributed by atoms with E-state index in [1.807, 2.05) is 25.1 Å². The number of anilines is 1. The van der Waals surface area contributed by atoms with E-state index < -0.39 is 5.97 Å². The summed E-state index contributed by atoms with van der Waals surface area (Å²) in [6.07, 6.45) is 1.38. The minimum atomic E-state index is -0.413. The number of rotatable bonds is 4. The van der Waals surface area contributed by atoms with Crippen LogP contribution in [0.15, 0.2) is 34.9 Å². The summed E-state index contributed by atoms with van der Waals surface area (Å²) in [6.45, 7) is 2.41. The number of aryl methyl sites for hydroxylation is 1. The summed E-state index contributed by atoms with van der Waals surface area (Å²) in [5.74, 6) is 0.226. The van der Waals surface area contributed by atoms with Crippen molar-refractivity contribution in [1.82, 2.24) is 0 Å². The highest BCUT2D eigenvalue weighted by Gasteiger charge is 2.10. The van der Waals surface area contributed by atoms with Gasteiger partial charge in [0.1, 0.15) is 12.0 Å². The maximum absolute atomic E-state index is 11.3. The Labute approximate surface area is 116 Å². The molecule has 0 spiro atoms. The molecule has 0 aliphatic carbocycles. The van der Waals surface area contributed by atoms with Gasteiger partial charge in [-0.05, 0) is 24.6 Å². The highest BCUT2D eigenvalue weighted by molar-refractivity contribution is 6.33. The molecular weight excluding hydrogens is 266 g/mol. The van der Waals surface area contributed by atoms with E-state index in [1.165, 1.54) is 13.4 Å². The van der Waals surface area contributed by atoms with Crippen molar-refractivity contribution in [3.63, 3.8) is 0 Å². The molecule has 1 aromatic carbocycles. The molecule has 0 aliphatic rings. The number of carbonyl (C=O) groups is 1. The zero-order valence-corrected chi connectivity index (χ0v) is 11.5. The fourth-order valence-corrected chi connectivity index (χ4v) is 2.02. The average Bonchev–Trinajstić information content (AvgIpc) is 2.86. The maximum Gasteiger partial charge on any atom is 0.341 e. The summed E-state index contributed by atoms with van der Waals surface area (Å²) in [5.41, 5.74) is 2.31. The number of furan rings is 1. The van der Waals surface area contributed by atoms with Crippen molar-refractivity contribution >= 4 is 23.3 Å². The van der Waals surface area contributed by atoms with Gasteiger partial charge in [0.25, 0.3) is 0 Å². The molecule has 4 nitrogen and oxygen atoms in total. The highest BCUT2D eigenvalue weighted by atomic mass is 35.5. The lowest BCUT2D eigenvalue weighted by molar-refractivity contribution is 0.0600. The molecule has 0 saturated heterocycles. The van der Waals surface area contributed by atoms with E-state index in [-0.39, 0.29) is 0 Å². The van der Waals surface area contributed by atoms with Gasteiger partial charge in [0, 0.05) is 0 Å². The van der Waals surface area contributed by atoms with Gasteiger partial charge in [-0.25, -0.2) is 4.79 Å². The first-order valence-electron chi connectivity index (χ1n) is 5.76. The van der Waals surface area contributed by atoms with Gasteiger partial charge >= 0.3 is 5.97 Å². The Kier molecular flexibility index (Phi) is 4.12. The molecule has 1 heterocycles. The third-order valence-corrected chi connectivity index (χ3v) is 3.05. The van der Waals surface area contributed by atoms with Crippen LogP contribution in [0.5, 0.6) is 0 Å². The van der Waals surface area contributed by atoms with Crippen molar-refractivity contribution in [1.29, 1.82) is 0 Å². The van der Waals surface area contributed by atoms with Crippen LogP contribution in [0.3, 0.4) is 0 Å². The van der Waals surface area contributed by atoms with E-state index >= 15 is 0 Å². The summed E-state index contributed by atoms with van der Waals surface area (Å²) in [5, 5.41) is 3.84. The summed E-state index contributed by atoms with van der Waals surface area (Å²) in [4.78, 5) is 11.3. The second kappa shape index (κ2) is 5.80. The monoisotopic (exact) mass is 279 g/mol. The molecule has 0 radical (unpaired) electrons. The zero-order valence-electron chi connectivity index (χ0n) is 10.7. The fraction of sp³-hybridized carbons (Fsp3) is 0.214. The van der Waals surface area contributed by atoms with E-state index in [0.717, 1.165) is 11.3 Å². The molecule has 1 N–H and O–H groups in total.